The van der Waals surface area contributed by atoms with E-state index in [9.17, 15) is 4.79 Å². The van der Waals surface area contributed by atoms with Gasteiger partial charge in [-0.25, -0.2) is 9.97 Å². The van der Waals surface area contributed by atoms with Gasteiger partial charge in [0, 0.05) is 43.0 Å². The number of nitrogens with zero attached hydrogens (tertiary/aromatic N) is 5. The molecule has 3 heterocycles. The predicted molar refractivity (Wildman–Crippen MR) is 143 cm³/mol. The number of anilines is 1. The first-order valence-corrected chi connectivity index (χ1v) is 13.3. The quantitative estimate of drug-likeness (QED) is 0.359. The molecule has 1 N–H and O–H groups in total. The van der Waals surface area contributed by atoms with Gasteiger partial charge in [-0.2, -0.15) is 4.98 Å². The zero-order valence-corrected chi connectivity index (χ0v) is 22.3. The van der Waals surface area contributed by atoms with Crippen molar-refractivity contribution in [3.63, 3.8) is 0 Å². The lowest BCUT2D eigenvalue weighted by atomic mass is 9.98. The molecular formula is C28H38N6O3. The van der Waals surface area contributed by atoms with E-state index in [4.69, 9.17) is 9.26 Å². The molecule has 0 aliphatic carbocycles. The maximum absolute atomic E-state index is 12.1. The van der Waals surface area contributed by atoms with Gasteiger partial charge in [-0.1, -0.05) is 19.0 Å². The Hall–Kier alpha value is -3.49. The van der Waals surface area contributed by atoms with Crippen molar-refractivity contribution in [3.8, 4) is 17.1 Å². The zero-order valence-electron chi connectivity index (χ0n) is 22.3. The highest BCUT2D eigenvalue weighted by Gasteiger charge is 2.24. The van der Waals surface area contributed by atoms with E-state index < -0.39 is 0 Å². The third-order valence-electron chi connectivity index (χ3n) is 6.32. The maximum Gasteiger partial charge on any atom is 0.251 e. The first-order chi connectivity index (χ1) is 17.9. The number of hydrogen-bond acceptors (Lipinski definition) is 8. The van der Waals surface area contributed by atoms with Gasteiger partial charge in [0.25, 0.3) is 5.91 Å². The number of nitrogens with one attached hydrogen (secondary N) is 1. The highest BCUT2D eigenvalue weighted by Crippen LogP contribution is 2.26. The van der Waals surface area contributed by atoms with E-state index in [-0.39, 0.29) is 11.9 Å². The third kappa shape index (κ3) is 7.50. The molecule has 198 valence electrons. The van der Waals surface area contributed by atoms with Crippen molar-refractivity contribution in [2.45, 2.75) is 78.3 Å². The summed E-state index contributed by atoms with van der Waals surface area (Å²) in [6.07, 6.45) is 9.72. The molecule has 1 aliphatic heterocycles. The molecule has 4 rings (SSSR count). The summed E-state index contributed by atoms with van der Waals surface area (Å²) in [6.45, 7) is 9.71. The Morgan fingerprint density at radius 1 is 1.14 bits per heavy atom. The number of carbonyl (C=O) groups excluding carboxylic acids is 1. The topological polar surface area (TPSA) is 106 Å². The van der Waals surface area contributed by atoms with Crippen LogP contribution in [-0.4, -0.2) is 51.3 Å². The molecule has 1 aliphatic rings. The molecule has 9 heteroatoms. The number of amides is 1. The van der Waals surface area contributed by atoms with E-state index in [0.29, 0.717) is 35.8 Å². The largest absolute Gasteiger partial charge is 0.494 e. The van der Waals surface area contributed by atoms with Crippen molar-refractivity contribution in [3.05, 3.63) is 48.1 Å². The molecule has 1 saturated heterocycles. The van der Waals surface area contributed by atoms with Gasteiger partial charge in [-0.05, 0) is 76.1 Å². The molecular weight excluding hydrogens is 468 g/mol. The third-order valence-corrected chi connectivity index (χ3v) is 6.32. The van der Waals surface area contributed by atoms with Crippen LogP contribution >= 0.6 is 0 Å². The summed E-state index contributed by atoms with van der Waals surface area (Å²) >= 11 is 0. The van der Waals surface area contributed by atoms with Crippen molar-refractivity contribution >= 4 is 11.9 Å². The summed E-state index contributed by atoms with van der Waals surface area (Å²) in [5.41, 5.74) is 1.40. The van der Waals surface area contributed by atoms with Crippen molar-refractivity contribution in [1.82, 2.24) is 25.4 Å². The fourth-order valence-electron chi connectivity index (χ4n) is 4.51. The molecule has 1 amide bonds. The van der Waals surface area contributed by atoms with E-state index >= 15 is 0 Å². The van der Waals surface area contributed by atoms with Gasteiger partial charge in [0.15, 0.2) is 0 Å². The monoisotopic (exact) mass is 506 g/mol. The Bertz CT molecular complexity index is 1130. The van der Waals surface area contributed by atoms with Crippen molar-refractivity contribution < 1.29 is 14.1 Å². The van der Waals surface area contributed by atoms with Crippen LogP contribution in [-0.2, 0) is 6.42 Å². The summed E-state index contributed by atoms with van der Waals surface area (Å²) in [6, 6.07) is 7.81. The standard InChI is InChI=1S/C28H38N6O3/c1-19(2)16-25-32-26(33-37-25)22-17-29-28(30-18-22)34-14-6-5-8-23(34)9-7-15-36-24-12-10-21(11-13-24)27(35)31-20(3)4/h10-13,17-20,23H,5-9,14-16H2,1-4H3,(H,31,35). The van der Waals surface area contributed by atoms with Crippen molar-refractivity contribution in [2.75, 3.05) is 18.1 Å². The summed E-state index contributed by atoms with van der Waals surface area (Å²) < 4.78 is 11.3. The fourth-order valence-corrected chi connectivity index (χ4v) is 4.51. The smallest absolute Gasteiger partial charge is 0.251 e. The predicted octanol–water partition coefficient (Wildman–Crippen LogP) is 5.08. The number of rotatable bonds is 11. The van der Waals surface area contributed by atoms with Gasteiger partial charge in [0.05, 0.1) is 12.2 Å². The highest BCUT2D eigenvalue weighted by atomic mass is 16.5. The minimum absolute atomic E-state index is 0.0673. The Morgan fingerprint density at radius 2 is 1.89 bits per heavy atom. The SMILES string of the molecule is CC(C)Cc1nc(-c2cnc(N3CCCCC3CCCOc3ccc(C(=O)NC(C)C)cc3)nc2)no1. The minimum atomic E-state index is -0.0673. The normalized spacial score (nSPS) is 15.8. The average molecular weight is 507 g/mol. The van der Waals surface area contributed by atoms with E-state index in [0.717, 1.165) is 55.9 Å². The van der Waals surface area contributed by atoms with E-state index in [1.165, 1.54) is 6.42 Å². The second-order valence-corrected chi connectivity index (χ2v) is 10.4. The number of ether oxygens (including phenoxy) is 1. The molecule has 0 spiro atoms. The van der Waals surface area contributed by atoms with Crippen molar-refractivity contribution in [1.29, 1.82) is 0 Å². The van der Waals surface area contributed by atoms with Gasteiger partial charge >= 0.3 is 0 Å². The van der Waals surface area contributed by atoms with Crippen LogP contribution in [0.15, 0.2) is 41.2 Å². The number of carbonyl (C=O) groups is 1. The van der Waals surface area contributed by atoms with Gasteiger partial charge in [-0.3, -0.25) is 4.79 Å². The molecule has 1 aromatic carbocycles. The van der Waals surface area contributed by atoms with E-state index in [1.54, 1.807) is 24.5 Å². The molecule has 0 bridgehead atoms. The van der Waals surface area contributed by atoms with Crippen LogP contribution in [0.5, 0.6) is 5.75 Å². The number of hydrogen-bond donors (Lipinski definition) is 1. The van der Waals surface area contributed by atoms with Crippen LogP contribution in [0.3, 0.4) is 0 Å². The second-order valence-electron chi connectivity index (χ2n) is 10.4. The lowest BCUT2D eigenvalue weighted by molar-refractivity contribution is 0.0943. The number of benzene rings is 1. The molecule has 3 aromatic rings. The molecule has 9 nitrogen and oxygen atoms in total. The molecule has 37 heavy (non-hydrogen) atoms. The van der Waals surface area contributed by atoms with Crippen LogP contribution in [0.4, 0.5) is 5.95 Å². The lowest BCUT2D eigenvalue weighted by Crippen LogP contribution is -2.40. The first kappa shape index (κ1) is 26.6. The Kier molecular flexibility index (Phi) is 9.09. The van der Waals surface area contributed by atoms with Crippen LogP contribution < -0.4 is 15.0 Å². The van der Waals surface area contributed by atoms with E-state index in [2.05, 4.69) is 44.2 Å². The second kappa shape index (κ2) is 12.7. The van der Waals surface area contributed by atoms with Gasteiger partial charge in [-0.15, -0.1) is 0 Å². The summed E-state index contributed by atoms with van der Waals surface area (Å²) in [4.78, 5) is 28.2. The Labute approximate surface area is 219 Å². The molecule has 1 fully saturated rings. The summed E-state index contributed by atoms with van der Waals surface area (Å²) in [7, 11) is 0. The summed E-state index contributed by atoms with van der Waals surface area (Å²) in [5, 5.41) is 6.98. The Morgan fingerprint density at radius 3 is 2.59 bits per heavy atom. The van der Waals surface area contributed by atoms with Crippen LogP contribution in [0, 0.1) is 5.92 Å². The van der Waals surface area contributed by atoms with Crippen LogP contribution in [0.25, 0.3) is 11.4 Å². The minimum Gasteiger partial charge on any atom is -0.494 e. The van der Waals surface area contributed by atoms with Gasteiger partial charge < -0.3 is 19.5 Å². The van der Waals surface area contributed by atoms with Crippen LogP contribution in [0.1, 0.15) is 76.0 Å². The Balaban J connectivity index is 1.28. The first-order valence-electron chi connectivity index (χ1n) is 13.3. The fraction of sp³-hybridized carbons (Fsp3) is 0.536. The number of piperidine rings is 1. The lowest BCUT2D eigenvalue weighted by Gasteiger charge is -2.35. The molecule has 1 unspecified atom stereocenters. The van der Waals surface area contributed by atoms with Crippen molar-refractivity contribution in [2.24, 2.45) is 5.92 Å². The molecule has 1 atom stereocenters. The number of aromatic nitrogens is 4. The zero-order chi connectivity index (χ0) is 26.2. The molecule has 0 radical (unpaired) electrons. The molecule has 0 saturated carbocycles. The summed E-state index contributed by atoms with van der Waals surface area (Å²) in [5.74, 6) is 3.08. The van der Waals surface area contributed by atoms with E-state index in [1.807, 2.05) is 26.0 Å². The van der Waals surface area contributed by atoms with Gasteiger partial charge in [0.2, 0.25) is 17.7 Å². The van der Waals surface area contributed by atoms with Crippen LogP contribution in [0.2, 0.25) is 0 Å². The van der Waals surface area contributed by atoms with Gasteiger partial charge in [0.1, 0.15) is 5.75 Å². The maximum atomic E-state index is 12.1. The average Bonchev–Trinajstić information content (AvgIpc) is 3.35. The highest BCUT2D eigenvalue weighted by molar-refractivity contribution is 5.94. The molecule has 2 aromatic heterocycles.